The van der Waals surface area contributed by atoms with Gasteiger partial charge in [0.1, 0.15) is 5.75 Å². The van der Waals surface area contributed by atoms with E-state index in [9.17, 15) is 4.79 Å². The van der Waals surface area contributed by atoms with Gasteiger partial charge in [-0.15, -0.1) is 12.4 Å². The molecule has 0 saturated carbocycles. The van der Waals surface area contributed by atoms with Crippen molar-refractivity contribution in [2.24, 2.45) is 11.1 Å². The van der Waals surface area contributed by atoms with Gasteiger partial charge in [0, 0.05) is 24.7 Å². The molecule has 0 aromatic heterocycles. The molecule has 0 radical (unpaired) electrons. The monoisotopic (exact) mass is 324 g/mol. The smallest absolute Gasteiger partial charge is 0.230 e. The van der Waals surface area contributed by atoms with Gasteiger partial charge >= 0.3 is 0 Å². The maximum Gasteiger partial charge on any atom is 0.230 e. The zero-order chi connectivity index (χ0) is 15.0. The lowest BCUT2D eigenvalue weighted by Crippen LogP contribution is -2.55. The summed E-state index contributed by atoms with van der Waals surface area (Å²) in [5.74, 6) is 1.01. The molecule has 2 aliphatic heterocycles. The van der Waals surface area contributed by atoms with Gasteiger partial charge in [0.05, 0.1) is 12.5 Å². The molecule has 2 unspecified atom stereocenters. The average Bonchev–Trinajstić information content (AvgIpc) is 2.48. The van der Waals surface area contributed by atoms with Crippen molar-refractivity contribution < 1.29 is 9.53 Å². The van der Waals surface area contributed by atoms with Crippen LogP contribution < -0.4 is 10.5 Å². The summed E-state index contributed by atoms with van der Waals surface area (Å²) in [5.41, 5.74) is 7.19. The van der Waals surface area contributed by atoms with E-state index in [4.69, 9.17) is 10.5 Å². The fourth-order valence-electron chi connectivity index (χ4n) is 3.38. The molecule has 1 saturated heterocycles. The summed E-state index contributed by atoms with van der Waals surface area (Å²) >= 11 is 0. The number of carbonyl (C=O) groups excluding carboxylic acids is 1. The van der Waals surface area contributed by atoms with Gasteiger partial charge in [-0.3, -0.25) is 4.79 Å². The Bertz CT molecular complexity index is 547. The second-order valence-electron chi connectivity index (χ2n) is 6.87. The molecule has 2 aliphatic rings. The minimum Gasteiger partial charge on any atom is -0.493 e. The van der Waals surface area contributed by atoms with Gasteiger partial charge in [-0.1, -0.05) is 32.0 Å². The van der Waals surface area contributed by atoms with Gasteiger partial charge in [-0.25, -0.2) is 0 Å². The van der Waals surface area contributed by atoms with E-state index in [2.05, 4.69) is 13.8 Å². The molecule has 22 heavy (non-hydrogen) atoms. The van der Waals surface area contributed by atoms with Crippen LogP contribution in [0.2, 0.25) is 0 Å². The largest absolute Gasteiger partial charge is 0.493 e. The number of nitrogens with two attached hydrogens (primary N) is 1. The van der Waals surface area contributed by atoms with Gasteiger partial charge in [-0.2, -0.15) is 0 Å². The minimum absolute atomic E-state index is 0. The average molecular weight is 325 g/mol. The third-order valence-corrected chi connectivity index (χ3v) is 4.88. The molecule has 0 aliphatic carbocycles. The summed E-state index contributed by atoms with van der Waals surface area (Å²) in [7, 11) is 0. The first-order valence-corrected chi connectivity index (χ1v) is 7.75. The highest BCUT2D eigenvalue weighted by Gasteiger charge is 2.38. The molecule has 1 aromatic carbocycles. The Labute approximate surface area is 138 Å². The Kier molecular flexibility index (Phi) is 5.03. The molecule has 2 heterocycles. The number of hydrogen-bond acceptors (Lipinski definition) is 3. The normalized spacial score (nSPS) is 26.4. The van der Waals surface area contributed by atoms with Crippen LogP contribution in [0.4, 0.5) is 0 Å². The number of fused-ring (bicyclic) bond motifs is 1. The number of ether oxygens (including phenoxy) is 1. The molecule has 5 heteroatoms. The SMILES string of the molecule is CC1(C)CN(C(=O)C2CCOc3ccccc32)CCC1N.Cl. The van der Waals surface area contributed by atoms with Gasteiger partial charge < -0.3 is 15.4 Å². The Morgan fingerprint density at radius 3 is 2.77 bits per heavy atom. The van der Waals surface area contributed by atoms with E-state index >= 15 is 0 Å². The summed E-state index contributed by atoms with van der Waals surface area (Å²) in [6.45, 7) is 6.42. The third-order valence-electron chi connectivity index (χ3n) is 4.88. The number of nitrogens with zero attached hydrogens (tertiary/aromatic N) is 1. The van der Waals surface area contributed by atoms with E-state index in [0.29, 0.717) is 6.61 Å². The summed E-state index contributed by atoms with van der Waals surface area (Å²) in [5, 5.41) is 0. The number of likely N-dealkylation sites (tertiary alicyclic amines) is 1. The van der Waals surface area contributed by atoms with Crippen molar-refractivity contribution in [2.45, 2.75) is 38.6 Å². The number of amides is 1. The molecule has 122 valence electrons. The van der Waals surface area contributed by atoms with Crippen molar-refractivity contribution in [3.05, 3.63) is 29.8 Å². The molecule has 1 amide bonds. The van der Waals surface area contributed by atoms with Gasteiger partial charge in [0.25, 0.3) is 0 Å². The van der Waals surface area contributed by atoms with Crippen LogP contribution >= 0.6 is 12.4 Å². The lowest BCUT2D eigenvalue weighted by atomic mass is 9.79. The second-order valence-corrected chi connectivity index (χ2v) is 6.87. The molecule has 2 atom stereocenters. The number of rotatable bonds is 1. The summed E-state index contributed by atoms with van der Waals surface area (Å²) in [6, 6.07) is 8.06. The van der Waals surface area contributed by atoms with Crippen LogP contribution in [-0.4, -0.2) is 36.5 Å². The predicted octanol–water partition coefficient (Wildman–Crippen LogP) is 2.56. The predicted molar refractivity (Wildman–Crippen MR) is 89.5 cm³/mol. The van der Waals surface area contributed by atoms with E-state index in [0.717, 1.165) is 37.2 Å². The van der Waals surface area contributed by atoms with E-state index in [-0.39, 0.29) is 35.7 Å². The Balaban J connectivity index is 0.00000176. The number of halogens is 1. The maximum atomic E-state index is 12.9. The fourth-order valence-corrected chi connectivity index (χ4v) is 3.38. The first-order valence-electron chi connectivity index (χ1n) is 7.75. The standard InChI is InChI=1S/C17H24N2O2.ClH/c1-17(2)11-19(9-7-15(17)18)16(20)13-8-10-21-14-6-4-3-5-12(13)14;/h3-6,13,15H,7-11,18H2,1-2H3;1H. The maximum absolute atomic E-state index is 12.9. The highest BCUT2D eigenvalue weighted by atomic mass is 35.5. The van der Waals surface area contributed by atoms with Crippen molar-refractivity contribution in [3.8, 4) is 5.75 Å². The summed E-state index contributed by atoms with van der Waals surface area (Å²) in [4.78, 5) is 14.9. The van der Waals surface area contributed by atoms with Gasteiger partial charge in [-0.05, 0) is 24.3 Å². The van der Waals surface area contributed by atoms with E-state index < -0.39 is 0 Å². The van der Waals surface area contributed by atoms with Crippen molar-refractivity contribution in [3.63, 3.8) is 0 Å². The number of carbonyl (C=O) groups is 1. The van der Waals surface area contributed by atoms with Crippen LogP contribution in [0, 0.1) is 5.41 Å². The zero-order valence-corrected chi connectivity index (χ0v) is 14.1. The Morgan fingerprint density at radius 1 is 1.32 bits per heavy atom. The molecule has 0 bridgehead atoms. The van der Waals surface area contributed by atoms with Crippen LogP contribution in [0.25, 0.3) is 0 Å². The van der Waals surface area contributed by atoms with Crippen LogP contribution in [0.5, 0.6) is 5.75 Å². The Hall–Kier alpha value is -1.26. The summed E-state index contributed by atoms with van der Waals surface area (Å²) < 4.78 is 5.66. The van der Waals surface area contributed by atoms with E-state index in [1.54, 1.807) is 0 Å². The fraction of sp³-hybridized carbons (Fsp3) is 0.588. The lowest BCUT2D eigenvalue weighted by molar-refractivity contribution is -0.137. The molecule has 4 nitrogen and oxygen atoms in total. The van der Waals surface area contributed by atoms with Crippen molar-refractivity contribution in [1.82, 2.24) is 4.90 Å². The molecular formula is C17H25ClN2O2. The number of hydrogen-bond donors (Lipinski definition) is 1. The number of benzene rings is 1. The Morgan fingerprint density at radius 2 is 2.05 bits per heavy atom. The molecule has 0 spiro atoms. The van der Waals surface area contributed by atoms with E-state index in [1.807, 2.05) is 29.2 Å². The highest BCUT2D eigenvalue weighted by Crippen LogP contribution is 2.36. The van der Waals surface area contributed by atoms with Crippen molar-refractivity contribution in [1.29, 1.82) is 0 Å². The molecule has 3 rings (SSSR count). The molecule has 2 N–H and O–H groups in total. The first kappa shape index (κ1) is 17.1. The molecule has 1 fully saturated rings. The quantitative estimate of drug-likeness (QED) is 0.863. The molecular weight excluding hydrogens is 300 g/mol. The third kappa shape index (κ3) is 3.08. The number of piperidine rings is 1. The van der Waals surface area contributed by atoms with Gasteiger partial charge in [0.2, 0.25) is 5.91 Å². The topological polar surface area (TPSA) is 55.6 Å². The van der Waals surface area contributed by atoms with Crippen molar-refractivity contribution >= 4 is 18.3 Å². The zero-order valence-electron chi connectivity index (χ0n) is 13.2. The summed E-state index contributed by atoms with van der Waals surface area (Å²) in [6.07, 6.45) is 1.64. The lowest BCUT2D eigenvalue weighted by Gasteiger charge is -2.44. The second kappa shape index (κ2) is 6.47. The highest BCUT2D eigenvalue weighted by molar-refractivity contribution is 5.85. The van der Waals surface area contributed by atoms with Crippen molar-refractivity contribution in [2.75, 3.05) is 19.7 Å². The molecule has 1 aromatic rings. The first-order chi connectivity index (χ1) is 9.99. The van der Waals surface area contributed by atoms with Crippen LogP contribution in [0.3, 0.4) is 0 Å². The van der Waals surface area contributed by atoms with Crippen LogP contribution in [-0.2, 0) is 4.79 Å². The van der Waals surface area contributed by atoms with E-state index in [1.165, 1.54) is 0 Å². The minimum atomic E-state index is -0.0694. The number of para-hydroxylation sites is 1. The van der Waals surface area contributed by atoms with Crippen LogP contribution in [0.15, 0.2) is 24.3 Å². The van der Waals surface area contributed by atoms with Crippen LogP contribution in [0.1, 0.15) is 38.2 Å². The van der Waals surface area contributed by atoms with Gasteiger partial charge in [0.15, 0.2) is 0 Å².